The molecule has 1 aliphatic rings. The molecule has 0 amide bonds. The smallest absolute Gasteiger partial charge is 0.0801 e. The summed E-state index contributed by atoms with van der Waals surface area (Å²) in [5, 5.41) is 4.27. The van der Waals surface area contributed by atoms with Crippen LogP contribution in [0.3, 0.4) is 0 Å². The van der Waals surface area contributed by atoms with E-state index in [1.807, 2.05) is 6.07 Å². The lowest BCUT2D eigenvalue weighted by Gasteiger charge is -2.40. The summed E-state index contributed by atoms with van der Waals surface area (Å²) in [6, 6.07) is 6.62. The van der Waals surface area contributed by atoms with Crippen LogP contribution in [-0.4, -0.2) is 31.3 Å². The van der Waals surface area contributed by atoms with E-state index in [0.717, 1.165) is 31.3 Å². The van der Waals surface area contributed by atoms with Gasteiger partial charge in [-0.15, -0.1) is 0 Å². The van der Waals surface area contributed by atoms with Crippen molar-refractivity contribution >= 4 is 17.3 Å². The van der Waals surface area contributed by atoms with Crippen LogP contribution in [0.5, 0.6) is 0 Å². The van der Waals surface area contributed by atoms with Crippen LogP contribution in [0.25, 0.3) is 0 Å². The molecular weight excluding hydrogens is 272 g/mol. The van der Waals surface area contributed by atoms with Gasteiger partial charge >= 0.3 is 0 Å². The molecule has 0 aromatic heterocycles. The fourth-order valence-electron chi connectivity index (χ4n) is 2.54. The normalized spacial score (nSPS) is 18.6. The highest BCUT2D eigenvalue weighted by atomic mass is 35.5. The first kappa shape index (κ1) is 15.6. The molecule has 1 aromatic rings. The largest absolute Gasteiger partial charge is 0.372 e. The van der Waals surface area contributed by atoms with Crippen LogP contribution < -0.4 is 10.2 Å². The Kier molecular flexibility index (Phi) is 4.95. The van der Waals surface area contributed by atoms with Crippen LogP contribution in [0.1, 0.15) is 33.3 Å². The maximum Gasteiger partial charge on any atom is 0.0801 e. The molecular formula is C16H25ClN2O. The van der Waals surface area contributed by atoms with Crippen LogP contribution in [0.2, 0.25) is 5.02 Å². The molecule has 0 aliphatic carbocycles. The van der Waals surface area contributed by atoms with E-state index in [0.29, 0.717) is 6.04 Å². The number of nitrogens with one attached hydrogen (secondary N) is 1. The summed E-state index contributed by atoms with van der Waals surface area (Å²) in [4.78, 5) is 2.40. The molecule has 1 heterocycles. The molecule has 20 heavy (non-hydrogen) atoms. The predicted molar refractivity (Wildman–Crippen MR) is 85.7 cm³/mol. The van der Waals surface area contributed by atoms with Crippen molar-refractivity contribution in [2.45, 2.75) is 45.9 Å². The van der Waals surface area contributed by atoms with Crippen molar-refractivity contribution in [1.29, 1.82) is 0 Å². The van der Waals surface area contributed by atoms with Gasteiger partial charge in [0.1, 0.15) is 0 Å². The number of rotatable bonds is 4. The van der Waals surface area contributed by atoms with Crippen LogP contribution in [-0.2, 0) is 11.3 Å². The zero-order valence-corrected chi connectivity index (χ0v) is 13.6. The molecule has 3 nitrogen and oxygen atoms in total. The van der Waals surface area contributed by atoms with E-state index in [1.165, 1.54) is 11.3 Å². The zero-order valence-electron chi connectivity index (χ0n) is 12.9. The Morgan fingerprint density at radius 3 is 2.80 bits per heavy atom. The first-order valence-electron chi connectivity index (χ1n) is 7.28. The molecule has 0 atom stereocenters. The zero-order chi connectivity index (χ0) is 14.8. The van der Waals surface area contributed by atoms with Gasteiger partial charge < -0.3 is 15.0 Å². The van der Waals surface area contributed by atoms with Crippen molar-refractivity contribution in [2.75, 3.05) is 24.6 Å². The average Bonchev–Trinajstić information content (AvgIpc) is 2.35. The third-order valence-corrected chi connectivity index (χ3v) is 3.74. The summed E-state index contributed by atoms with van der Waals surface area (Å²) >= 11 is 6.16. The molecule has 0 bridgehead atoms. The fraction of sp³-hybridized carbons (Fsp3) is 0.625. The van der Waals surface area contributed by atoms with E-state index in [9.17, 15) is 0 Å². The Hall–Kier alpha value is -0.770. The molecule has 1 aliphatic heterocycles. The molecule has 2 rings (SSSR count). The lowest BCUT2D eigenvalue weighted by molar-refractivity contribution is -0.0277. The molecule has 1 saturated heterocycles. The van der Waals surface area contributed by atoms with Gasteiger partial charge in [-0.25, -0.2) is 0 Å². The summed E-state index contributed by atoms with van der Waals surface area (Å²) in [5.74, 6) is 0. The number of anilines is 1. The maximum atomic E-state index is 6.16. The van der Waals surface area contributed by atoms with Gasteiger partial charge in [-0.1, -0.05) is 25.4 Å². The topological polar surface area (TPSA) is 24.5 Å². The van der Waals surface area contributed by atoms with Gasteiger partial charge in [0.05, 0.1) is 12.2 Å². The van der Waals surface area contributed by atoms with Crippen molar-refractivity contribution in [3.63, 3.8) is 0 Å². The van der Waals surface area contributed by atoms with E-state index < -0.39 is 0 Å². The lowest BCUT2D eigenvalue weighted by atomic mass is 10.0. The fourth-order valence-corrected chi connectivity index (χ4v) is 2.74. The van der Waals surface area contributed by atoms with Gasteiger partial charge in [-0.2, -0.15) is 0 Å². The molecule has 0 unspecified atom stereocenters. The summed E-state index contributed by atoms with van der Waals surface area (Å²) in [6.45, 7) is 12.0. The molecule has 1 N–H and O–H groups in total. The molecule has 1 aromatic carbocycles. The Bertz CT molecular complexity index is 460. The molecule has 112 valence electrons. The molecule has 0 saturated carbocycles. The Balaban J connectivity index is 2.21. The number of benzene rings is 1. The summed E-state index contributed by atoms with van der Waals surface area (Å²) in [7, 11) is 0. The Morgan fingerprint density at radius 2 is 2.15 bits per heavy atom. The number of ether oxygens (including phenoxy) is 1. The first-order valence-corrected chi connectivity index (χ1v) is 7.66. The van der Waals surface area contributed by atoms with Gasteiger partial charge in [-0.3, -0.25) is 0 Å². The quantitative estimate of drug-likeness (QED) is 0.921. The van der Waals surface area contributed by atoms with Crippen molar-refractivity contribution in [3.05, 3.63) is 28.8 Å². The average molecular weight is 297 g/mol. The highest BCUT2D eigenvalue weighted by molar-refractivity contribution is 6.30. The van der Waals surface area contributed by atoms with Crippen molar-refractivity contribution in [2.24, 2.45) is 0 Å². The predicted octanol–water partition coefficient (Wildman–Crippen LogP) is 3.45. The van der Waals surface area contributed by atoms with Gasteiger partial charge in [0, 0.05) is 36.4 Å². The second kappa shape index (κ2) is 6.33. The number of hydrogen-bond donors (Lipinski definition) is 1. The maximum absolute atomic E-state index is 6.16. The second-order valence-corrected chi connectivity index (χ2v) is 6.77. The minimum Gasteiger partial charge on any atom is -0.372 e. The van der Waals surface area contributed by atoms with E-state index in [2.05, 4.69) is 50.0 Å². The summed E-state index contributed by atoms with van der Waals surface area (Å²) in [6.07, 6.45) is 0. The third-order valence-electron chi connectivity index (χ3n) is 3.51. The second-order valence-electron chi connectivity index (χ2n) is 6.34. The van der Waals surface area contributed by atoms with Gasteiger partial charge in [0.15, 0.2) is 0 Å². The van der Waals surface area contributed by atoms with Gasteiger partial charge in [0.2, 0.25) is 0 Å². The SMILES string of the molecule is CC(C)NCc1cc(Cl)ccc1N1CCOC(C)(C)C1. The monoisotopic (exact) mass is 296 g/mol. The summed E-state index contributed by atoms with van der Waals surface area (Å²) in [5.41, 5.74) is 2.42. The summed E-state index contributed by atoms with van der Waals surface area (Å²) < 4.78 is 5.80. The van der Waals surface area contributed by atoms with E-state index in [1.54, 1.807) is 0 Å². The van der Waals surface area contributed by atoms with Crippen LogP contribution in [0.4, 0.5) is 5.69 Å². The minimum atomic E-state index is -0.0966. The van der Waals surface area contributed by atoms with Crippen molar-refractivity contribution in [1.82, 2.24) is 5.32 Å². The highest BCUT2D eigenvalue weighted by Gasteiger charge is 2.28. The number of hydrogen-bond acceptors (Lipinski definition) is 3. The highest BCUT2D eigenvalue weighted by Crippen LogP contribution is 2.28. The molecule has 1 fully saturated rings. The van der Waals surface area contributed by atoms with E-state index >= 15 is 0 Å². The molecule has 4 heteroatoms. The third kappa shape index (κ3) is 4.11. The lowest BCUT2D eigenvalue weighted by Crippen LogP contribution is -2.48. The Morgan fingerprint density at radius 1 is 1.40 bits per heavy atom. The standard InChI is InChI=1S/C16H25ClN2O/c1-12(2)18-10-13-9-14(17)5-6-15(13)19-7-8-20-16(3,4)11-19/h5-6,9,12,18H,7-8,10-11H2,1-4H3. The van der Waals surface area contributed by atoms with Gasteiger partial charge in [0.25, 0.3) is 0 Å². The van der Waals surface area contributed by atoms with Crippen molar-refractivity contribution in [3.8, 4) is 0 Å². The molecule has 0 spiro atoms. The van der Waals surface area contributed by atoms with Crippen LogP contribution in [0, 0.1) is 0 Å². The van der Waals surface area contributed by atoms with Crippen molar-refractivity contribution < 1.29 is 4.74 Å². The number of nitrogens with zero attached hydrogens (tertiary/aromatic N) is 1. The van der Waals surface area contributed by atoms with Crippen LogP contribution >= 0.6 is 11.6 Å². The number of morpholine rings is 1. The molecule has 0 radical (unpaired) electrons. The number of halogens is 1. The van der Waals surface area contributed by atoms with E-state index in [-0.39, 0.29) is 5.60 Å². The minimum absolute atomic E-state index is 0.0966. The first-order chi connectivity index (χ1) is 9.37. The van der Waals surface area contributed by atoms with Crippen LogP contribution in [0.15, 0.2) is 18.2 Å². The Labute approximate surface area is 127 Å². The van der Waals surface area contributed by atoms with E-state index in [4.69, 9.17) is 16.3 Å². The van der Waals surface area contributed by atoms with Gasteiger partial charge in [-0.05, 0) is 37.6 Å².